The molecule has 12 nitrogen and oxygen atoms in total. The van der Waals surface area contributed by atoms with E-state index >= 15 is 0 Å². The molecule has 2 aliphatic heterocycles. The average Bonchev–Trinajstić information content (AvgIpc) is 3.35. The molecule has 2 aliphatic rings. The monoisotopic (exact) mass is 792 g/mol. The highest BCUT2D eigenvalue weighted by Crippen LogP contribution is 2.56. The van der Waals surface area contributed by atoms with Crippen molar-refractivity contribution in [1.82, 2.24) is 0 Å². The van der Waals surface area contributed by atoms with Crippen LogP contribution in [-0.2, 0) is 49.3 Å². The van der Waals surface area contributed by atoms with Gasteiger partial charge in [-0.3, -0.25) is 4.79 Å². The zero-order chi connectivity index (χ0) is 42.9. The molecule has 1 aromatic rings. The number of esters is 3. The minimum absolute atomic E-state index is 0.0579. The highest BCUT2D eigenvalue weighted by molar-refractivity contribution is 5.94. The van der Waals surface area contributed by atoms with Gasteiger partial charge in [-0.2, -0.15) is 0 Å². The molecule has 0 radical (unpaired) electrons. The Hall–Kier alpha value is -3.65. The number of hydrogen-bond donors (Lipinski definition) is 3. The number of aliphatic hydroxyl groups excluding tert-OH is 1. The summed E-state index contributed by atoms with van der Waals surface area (Å²) in [6, 6.07) is 9.64. The van der Waals surface area contributed by atoms with E-state index in [0.29, 0.717) is 23.8 Å². The maximum atomic E-state index is 14.7. The summed E-state index contributed by atoms with van der Waals surface area (Å²) in [7, 11) is 0. The van der Waals surface area contributed by atoms with E-state index in [1.165, 1.54) is 13.0 Å². The molecular weight excluding hydrogens is 727 g/mol. The van der Waals surface area contributed by atoms with Crippen molar-refractivity contribution in [1.29, 1.82) is 0 Å². The van der Waals surface area contributed by atoms with E-state index in [2.05, 4.69) is 20.4 Å². The fraction of sp³-hybridized carbons (Fsp3) is 0.674. The van der Waals surface area contributed by atoms with Crippen LogP contribution in [0.3, 0.4) is 0 Å². The number of benzene rings is 1. The van der Waals surface area contributed by atoms with E-state index in [1.807, 2.05) is 44.2 Å². The van der Waals surface area contributed by atoms with Crippen molar-refractivity contribution >= 4 is 23.9 Å². The minimum atomic E-state index is -3.00. The van der Waals surface area contributed by atoms with Gasteiger partial charge in [-0.15, -0.1) is 0 Å². The van der Waals surface area contributed by atoms with Crippen molar-refractivity contribution in [3.63, 3.8) is 0 Å². The SMILES string of the molecule is C=C(CCC12OC(CF)C(O)(C(=O)OC(C)(C)C)C(C(=O)OC(C)(C)C)(C[C@H]1O)O2)[C@@H](OC(C)=O)[C@H](C)Cc1ccccc1.CC[C@H](C)C[C@H](C)/C=C/C(=O)O. The third kappa shape index (κ3) is 12.7. The largest absolute Gasteiger partial charge is 0.478 e. The molecule has 0 spiro atoms. The number of halogens is 1. The lowest BCUT2D eigenvalue weighted by atomic mass is 9.76. The van der Waals surface area contributed by atoms with Crippen molar-refractivity contribution in [2.24, 2.45) is 17.8 Å². The Kier molecular flexibility index (Phi) is 17.0. The number of carbonyl (C=O) groups is 4. The molecule has 0 amide bonds. The molecule has 1 aromatic carbocycles. The fourth-order valence-electron chi connectivity index (χ4n) is 6.94. The predicted molar refractivity (Wildman–Crippen MR) is 208 cm³/mol. The third-order valence-corrected chi connectivity index (χ3v) is 9.78. The molecule has 2 bridgehead atoms. The Balaban J connectivity index is 0.000000776. The summed E-state index contributed by atoms with van der Waals surface area (Å²) < 4.78 is 43.4. The quantitative estimate of drug-likeness (QED) is 0.0690. The lowest BCUT2D eigenvalue weighted by molar-refractivity contribution is -0.381. The number of carboxylic acids is 1. The van der Waals surface area contributed by atoms with Gasteiger partial charge in [-0.1, -0.05) is 77.1 Å². The van der Waals surface area contributed by atoms with Gasteiger partial charge >= 0.3 is 23.9 Å². The minimum Gasteiger partial charge on any atom is -0.478 e. The van der Waals surface area contributed by atoms with Gasteiger partial charge in [-0.25, -0.2) is 18.8 Å². The molecule has 4 unspecified atom stereocenters. The second-order valence-corrected chi connectivity index (χ2v) is 17.3. The number of carbonyl (C=O) groups excluding carboxylic acids is 3. The molecule has 2 heterocycles. The standard InChI is InChI=1S/C33H47FO10.C10H18O2/c1-20(26(40-22(3)35)21(2)17-23-13-11-10-12-14-23)15-16-32-24(36)18-31(44-32,27(37)42-29(4,5)6)33(39,25(19-34)41-32)28(38)43-30(7,8)9;1-4-8(2)7-9(3)5-6-10(11)12/h10-14,21,24-26,36,39H,1,15-19H2,2-9H3;5-6,8-9H,4,7H2,1-3H3,(H,11,12)/b;6-5+/t21-,24-,25?,26-,31?,32?,33?;8-,9+/m10/s1. The van der Waals surface area contributed by atoms with Crippen LogP contribution in [0.5, 0.6) is 0 Å². The van der Waals surface area contributed by atoms with E-state index in [0.717, 1.165) is 18.4 Å². The summed E-state index contributed by atoms with van der Waals surface area (Å²) in [5, 5.41) is 31.7. The van der Waals surface area contributed by atoms with Crippen molar-refractivity contribution < 1.29 is 62.6 Å². The van der Waals surface area contributed by atoms with Gasteiger partial charge in [0, 0.05) is 31.8 Å². The first kappa shape index (κ1) is 48.5. The highest BCUT2D eigenvalue weighted by Gasteiger charge is 2.80. The summed E-state index contributed by atoms with van der Waals surface area (Å²) in [5.41, 5.74) is -6.28. The number of hydrogen-bond acceptors (Lipinski definition) is 11. The topological polar surface area (TPSA) is 175 Å². The third-order valence-electron chi connectivity index (χ3n) is 9.78. The van der Waals surface area contributed by atoms with Gasteiger partial charge in [-0.05, 0) is 83.8 Å². The van der Waals surface area contributed by atoms with E-state index in [4.69, 9.17) is 28.8 Å². The van der Waals surface area contributed by atoms with Gasteiger partial charge in [0.05, 0.1) is 0 Å². The lowest BCUT2D eigenvalue weighted by Gasteiger charge is -2.51. The maximum absolute atomic E-state index is 14.7. The average molecular weight is 793 g/mol. The van der Waals surface area contributed by atoms with E-state index in [-0.39, 0.29) is 18.8 Å². The molecule has 0 saturated carbocycles. The van der Waals surface area contributed by atoms with Gasteiger partial charge < -0.3 is 39.0 Å². The first-order valence-electron chi connectivity index (χ1n) is 19.4. The van der Waals surface area contributed by atoms with Crippen molar-refractivity contribution in [2.45, 2.75) is 161 Å². The van der Waals surface area contributed by atoms with Crippen LogP contribution < -0.4 is 0 Å². The Bertz CT molecular complexity index is 1530. The van der Waals surface area contributed by atoms with E-state index < -0.39 is 83.5 Å². The molecule has 2 fully saturated rings. The fourth-order valence-corrected chi connectivity index (χ4v) is 6.94. The normalized spacial score (nSPS) is 26.9. The lowest BCUT2D eigenvalue weighted by Crippen LogP contribution is -2.75. The number of allylic oxidation sites excluding steroid dienone is 1. The number of carboxylic acid groups (broad SMARTS) is 1. The zero-order valence-corrected chi connectivity index (χ0v) is 35.1. The zero-order valence-electron chi connectivity index (χ0n) is 35.1. The van der Waals surface area contributed by atoms with Crippen LogP contribution in [0.25, 0.3) is 0 Å². The van der Waals surface area contributed by atoms with Crippen LogP contribution in [-0.4, -0.2) is 92.4 Å². The van der Waals surface area contributed by atoms with Gasteiger partial charge in [0.25, 0.3) is 0 Å². The molecule has 56 heavy (non-hydrogen) atoms. The molecule has 9 atom stereocenters. The van der Waals surface area contributed by atoms with Crippen LogP contribution in [0.2, 0.25) is 0 Å². The number of aliphatic hydroxyl groups is 2. The Morgan fingerprint density at radius 2 is 1.59 bits per heavy atom. The molecule has 316 valence electrons. The summed E-state index contributed by atoms with van der Waals surface area (Å²) in [6.45, 7) is 21.7. The van der Waals surface area contributed by atoms with Crippen LogP contribution in [0, 0.1) is 17.8 Å². The first-order chi connectivity index (χ1) is 25.8. The molecular formula is C43H65FO12. The van der Waals surface area contributed by atoms with E-state index in [9.17, 15) is 33.8 Å². The van der Waals surface area contributed by atoms with E-state index in [1.54, 1.807) is 47.6 Å². The van der Waals surface area contributed by atoms with Crippen LogP contribution in [0.1, 0.15) is 114 Å². The first-order valence-corrected chi connectivity index (χ1v) is 19.4. The molecule has 2 saturated heterocycles. The molecule has 3 N–H and O–H groups in total. The van der Waals surface area contributed by atoms with Crippen LogP contribution in [0.15, 0.2) is 54.6 Å². The smallest absolute Gasteiger partial charge is 0.345 e. The molecule has 13 heteroatoms. The Morgan fingerprint density at radius 3 is 2.09 bits per heavy atom. The summed E-state index contributed by atoms with van der Waals surface area (Å²) >= 11 is 0. The number of fused-ring (bicyclic) bond motifs is 2. The summed E-state index contributed by atoms with van der Waals surface area (Å²) in [4.78, 5) is 49.5. The van der Waals surface area contributed by atoms with Crippen molar-refractivity contribution in [3.8, 4) is 0 Å². The molecule has 0 aromatic heterocycles. The van der Waals surface area contributed by atoms with Gasteiger partial charge in [0.15, 0.2) is 5.79 Å². The second kappa shape index (κ2) is 19.7. The highest BCUT2D eigenvalue weighted by atomic mass is 19.1. The number of aliphatic carboxylic acids is 1. The summed E-state index contributed by atoms with van der Waals surface area (Å²) in [5.74, 6) is -5.06. The van der Waals surface area contributed by atoms with Crippen molar-refractivity contribution in [2.75, 3.05) is 6.67 Å². The number of alkyl halides is 1. The van der Waals surface area contributed by atoms with Crippen molar-refractivity contribution in [3.05, 3.63) is 60.2 Å². The molecule has 0 aliphatic carbocycles. The maximum Gasteiger partial charge on any atom is 0.345 e. The van der Waals surface area contributed by atoms with Crippen LogP contribution >= 0.6 is 0 Å². The molecule has 3 rings (SSSR count). The number of ether oxygens (including phenoxy) is 5. The Labute approximate surface area is 331 Å². The Morgan fingerprint density at radius 1 is 1.02 bits per heavy atom. The van der Waals surface area contributed by atoms with Gasteiger partial charge in [0.2, 0.25) is 11.2 Å². The van der Waals surface area contributed by atoms with Gasteiger partial charge in [0.1, 0.15) is 36.2 Å². The second-order valence-electron chi connectivity index (χ2n) is 17.3. The number of rotatable bonds is 16. The predicted octanol–water partition coefficient (Wildman–Crippen LogP) is 6.83. The summed E-state index contributed by atoms with van der Waals surface area (Å²) in [6.07, 6.45) is 0.764. The van der Waals surface area contributed by atoms with Crippen LogP contribution in [0.4, 0.5) is 4.39 Å².